The molecule has 3 heteroatoms. The molecule has 2 rings (SSSR count). The molecule has 2 unspecified atom stereocenters. The molecule has 3 nitrogen and oxygen atoms in total. The first-order valence-corrected chi connectivity index (χ1v) is 3.84. The van der Waals surface area contributed by atoms with Gasteiger partial charge in [0, 0.05) is 6.61 Å². The topological polar surface area (TPSA) is 41.5 Å². The lowest BCUT2D eigenvalue weighted by atomic mass is 9.94. The lowest BCUT2D eigenvalue weighted by molar-refractivity contribution is 0.0805. The van der Waals surface area contributed by atoms with Crippen LogP contribution in [0.3, 0.4) is 0 Å². The molecule has 58 valence electrons. The molecule has 2 atom stereocenters. The van der Waals surface area contributed by atoms with Gasteiger partial charge in [0.05, 0.1) is 18.2 Å². The quantitative estimate of drug-likeness (QED) is 0.480. The van der Waals surface area contributed by atoms with Gasteiger partial charge in [0.15, 0.2) is 0 Å². The maximum atomic E-state index is 9.54. The summed E-state index contributed by atoms with van der Waals surface area (Å²) in [6.07, 6.45) is 1.66. The molecule has 2 fully saturated rings. The van der Waals surface area contributed by atoms with Crippen molar-refractivity contribution in [2.75, 3.05) is 19.8 Å². The minimum absolute atomic E-state index is 0.0694. The maximum Gasteiger partial charge on any atom is 0.0757 e. The van der Waals surface area contributed by atoms with Crippen molar-refractivity contribution in [2.45, 2.75) is 24.5 Å². The summed E-state index contributed by atoms with van der Waals surface area (Å²) in [6.45, 7) is 2.42. The van der Waals surface area contributed by atoms with E-state index in [1.807, 2.05) is 0 Å². The van der Waals surface area contributed by atoms with Crippen molar-refractivity contribution in [2.24, 2.45) is 0 Å². The molecule has 0 aliphatic carbocycles. The predicted octanol–water partition coefficient (Wildman–Crippen LogP) is -0.500. The van der Waals surface area contributed by atoms with Crippen LogP contribution in [0.1, 0.15) is 12.8 Å². The molecule has 0 saturated carbocycles. The van der Waals surface area contributed by atoms with Crippen LogP contribution in [0.5, 0.6) is 0 Å². The van der Waals surface area contributed by atoms with Crippen LogP contribution in [0.25, 0.3) is 0 Å². The highest BCUT2D eigenvalue weighted by Gasteiger charge is 2.44. The SMILES string of the molecule is OC1CCNC12CCOC2. The van der Waals surface area contributed by atoms with Crippen molar-refractivity contribution in [3.05, 3.63) is 0 Å². The van der Waals surface area contributed by atoms with Gasteiger partial charge in [-0.05, 0) is 19.4 Å². The predicted molar refractivity (Wildman–Crippen MR) is 36.8 cm³/mol. The van der Waals surface area contributed by atoms with E-state index < -0.39 is 0 Å². The van der Waals surface area contributed by atoms with Gasteiger partial charge in [-0.3, -0.25) is 0 Å². The Balaban J connectivity index is 2.11. The summed E-state index contributed by atoms with van der Waals surface area (Å²) in [5, 5.41) is 12.8. The fourth-order valence-electron chi connectivity index (χ4n) is 1.83. The van der Waals surface area contributed by atoms with E-state index in [-0.39, 0.29) is 11.6 Å². The first-order valence-electron chi connectivity index (χ1n) is 3.84. The normalized spacial score (nSPS) is 47.1. The number of nitrogens with one attached hydrogen (secondary N) is 1. The Morgan fingerprint density at radius 1 is 1.60 bits per heavy atom. The molecule has 2 aliphatic heterocycles. The molecular weight excluding hydrogens is 130 g/mol. The Labute approximate surface area is 60.4 Å². The molecular formula is C7H13NO2. The number of rotatable bonds is 0. The minimum Gasteiger partial charge on any atom is -0.391 e. The van der Waals surface area contributed by atoms with Crippen molar-refractivity contribution in [1.29, 1.82) is 0 Å². The number of hydrogen-bond donors (Lipinski definition) is 2. The third-order valence-electron chi connectivity index (χ3n) is 2.58. The average molecular weight is 143 g/mol. The van der Waals surface area contributed by atoms with Crippen molar-refractivity contribution < 1.29 is 9.84 Å². The molecule has 2 heterocycles. The zero-order valence-electron chi connectivity index (χ0n) is 5.97. The molecule has 0 aromatic heterocycles. The van der Waals surface area contributed by atoms with Crippen LogP contribution in [0, 0.1) is 0 Å². The first kappa shape index (κ1) is 6.58. The highest BCUT2D eigenvalue weighted by molar-refractivity contribution is 5.02. The van der Waals surface area contributed by atoms with E-state index in [1.54, 1.807) is 0 Å². The van der Waals surface area contributed by atoms with Crippen molar-refractivity contribution in [3.63, 3.8) is 0 Å². The lowest BCUT2D eigenvalue weighted by Crippen LogP contribution is -2.48. The zero-order chi connectivity index (χ0) is 7.03. The third kappa shape index (κ3) is 0.779. The van der Waals surface area contributed by atoms with Gasteiger partial charge in [0.1, 0.15) is 0 Å². The van der Waals surface area contributed by atoms with Crippen LogP contribution in [-0.4, -0.2) is 36.5 Å². The van der Waals surface area contributed by atoms with E-state index in [4.69, 9.17) is 4.74 Å². The lowest BCUT2D eigenvalue weighted by Gasteiger charge is -2.25. The van der Waals surface area contributed by atoms with Crippen molar-refractivity contribution in [1.82, 2.24) is 5.32 Å². The second-order valence-electron chi connectivity index (χ2n) is 3.19. The molecule has 10 heavy (non-hydrogen) atoms. The van der Waals surface area contributed by atoms with E-state index in [9.17, 15) is 5.11 Å². The van der Waals surface area contributed by atoms with Crippen molar-refractivity contribution in [3.8, 4) is 0 Å². The van der Waals surface area contributed by atoms with Crippen molar-refractivity contribution >= 4 is 0 Å². The van der Waals surface area contributed by atoms with Crippen LogP contribution in [-0.2, 0) is 4.74 Å². The fraction of sp³-hybridized carbons (Fsp3) is 1.00. The van der Waals surface area contributed by atoms with E-state index in [2.05, 4.69) is 5.32 Å². The van der Waals surface area contributed by atoms with Gasteiger partial charge in [-0.2, -0.15) is 0 Å². The Kier molecular flexibility index (Phi) is 1.44. The van der Waals surface area contributed by atoms with E-state index in [0.29, 0.717) is 6.61 Å². The monoisotopic (exact) mass is 143 g/mol. The molecule has 2 saturated heterocycles. The molecule has 2 N–H and O–H groups in total. The van der Waals surface area contributed by atoms with Crippen LogP contribution >= 0.6 is 0 Å². The van der Waals surface area contributed by atoms with Gasteiger partial charge in [0.25, 0.3) is 0 Å². The van der Waals surface area contributed by atoms with Gasteiger partial charge in [-0.15, -0.1) is 0 Å². The van der Waals surface area contributed by atoms with E-state index >= 15 is 0 Å². The second-order valence-corrected chi connectivity index (χ2v) is 3.19. The van der Waals surface area contributed by atoms with Gasteiger partial charge in [0.2, 0.25) is 0 Å². The van der Waals surface area contributed by atoms with Crippen LogP contribution in [0.2, 0.25) is 0 Å². The average Bonchev–Trinajstić information content (AvgIpc) is 2.48. The fourth-order valence-corrected chi connectivity index (χ4v) is 1.83. The number of ether oxygens (including phenoxy) is 1. The summed E-state index contributed by atoms with van der Waals surface area (Å²) in [6, 6.07) is 0. The van der Waals surface area contributed by atoms with E-state index in [0.717, 1.165) is 26.0 Å². The summed E-state index contributed by atoms with van der Waals surface area (Å²) >= 11 is 0. The highest BCUT2D eigenvalue weighted by Crippen LogP contribution is 2.28. The molecule has 0 amide bonds. The Hall–Kier alpha value is -0.120. The molecule has 0 aromatic carbocycles. The summed E-state index contributed by atoms with van der Waals surface area (Å²) in [5.74, 6) is 0. The highest BCUT2D eigenvalue weighted by atomic mass is 16.5. The summed E-state index contributed by atoms with van der Waals surface area (Å²) < 4.78 is 5.23. The smallest absolute Gasteiger partial charge is 0.0757 e. The molecule has 2 aliphatic rings. The number of aliphatic hydroxyl groups excluding tert-OH is 1. The van der Waals surface area contributed by atoms with E-state index in [1.165, 1.54) is 0 Å². The first-order chi connectivity index (χ1) is 4.83. The van der Waals surface area contributed by atoms with Crippen LogP contribution in [0.4, 0.5) is 0 Å². The molecule has 0 aromatic rings. The van der Waals surface area contributed by atoms with Gasteiger partial charge in [-0.1, -0.05) is 0 Å². The van der Waals surface area contributed by atoms with Crippen LogP contribution < -0.4 is 5.32 Å². The summed E-state index contributed by atoms with van der Waals surface area (Å²) in [7, 11) is 0. The Bertz CT molecular complexity index is 126. The van der Waals surface area contributed by atoms with Gasteiger partial charge < -0.3 is 15.2 Å². The summed E-state index contributed by atoms with van der Waals surface area (Å²) in [4.78, 5) is 0. The standard InChI is InChI=1S/C7H13NO2/c9-6-1-3-8-7(6)2-4-10-5-7/h6,8-9H,1-5H2. The van der Waals surface area contributed by atoms with Gasteiger partial charge >= 0.3 is 0 Å². The number of hydrogen-bond acceptors (Lipinski definition) is 3. The minimum atomic E-state index is -0.185. The molecule has 0 bridgehead atoms. The van der Waals surface area contributed by atoms with Crippen LogP contribution in [0.15, 0.2) is 0 Å². The number of aliphatic hydroxyl groups is 1. The molecule has 1 spiro atoms. The van der Waals surface area contributed by atoms with Gasteiger partial charge in [-0.25, -0.2) is 0 Å². The largest absolute Gasteiger partial charge is 0.391 e. The third-order valence-corrected chi connectivity index (χ3v) is 2.58. The molecule has 0 radical (unpaired) electrons. The summed E-state index contributed by atoms with van der Waals surface area (Å²) in [5.41, 5.74) is -0.0694. The maximum absolute atomic E-state index is 9.54. The Morgan fingerprint density at radius 2 is 2.50 bits per heavy atom. The second kappa shape index (κ2) is 2.19. The Morgan fingerprint density at radius 3 is 3.00 bits per heavy atom. The zero-order valence-corrected chi connectivity index (χ0v) is 5.97.